The molecule has 3 unspecified atom stereocenters. The van der Waals surface area contributed by atoms with E-state index in [-0.39, 0.29) is 57.7 Å². The number of aromatic nitrogens is 1. The van der Waals surface area contributed by atoms with Crippen LogP contribution in [0.5, 0.6) is 0 Å². The van der Waals surface area contributed by atoms with Crippen molar-refractivity contribution in [2.75, 3.05) is 19.4 Å². The Morgan fingerprint density at radius 3 is 1.45 bits per heavy atom. The number of esters is 1. The Morgan fingerprint density at radius 2 is 1.12 bits per heavy atom. The molecule has 1 aromatic heterocycles. The highest BCUT2D eigenvalue weighted by molar-refractivity contribution is 8.77. The van der Waals surface area contributed by atoms with Crippen LogP contribution in [0, 0.1) is 68.0 Å². The Hall–Kier alpha value is -6.76. The second-order valence-corrected chi connectivity index (χ2v) is 46.8. The number of fused-ring (bicyclic) bond motifs is 1. The van der Waals surface area contributed by atoms with E-state index in [2.05, 4.69) is 214 Å². The van der Waals surface area contributed by atoms with Crippen molar-refractivity contribution in [1.29, 1.82) is 0 Å². The molecule has 4 aromatic rings. The lowest BCUT2D eigenvalue weighted by Gasteiger charge is -2.31. The van der Waals surface area contributed by atoms with Gasteiger partial charge >= 0.3 is 5.97 Å². The molecule has 3 atom stereocenters. The third-order valence-corrected chi connectivity index (χ3v) is 23.6. The Kier molecular flexibility index (Phi) is 53.4. The van der Waals surface area contributed by atoms with Gasteiger partial charge in [-0.15, -0.1) is 18.9 Å². The third kappa shape index (κ3) is 57.5. The van der Waals surface area contributed by atoms with E-state index in [1.165, 1.54) is 24.2 Å². The van der Waals surface area contributed by atoms with Gasteiger partial charge < -0.3 is 20.7 Å². The Labute approximate surface area is 734 Å². The van der Waals surface area contributed by atoms with Crippen molar-refractivity contribution in [2.24, 2.45) is 55.7 Å². The van der Waals surface area contributed by atoms with Crippen LogP contribution in [0.3, 0.4) is 0 Å². The fourth-order valence-electron chi connectivity index (χ4n) is 10.4. The van der Waals surface area contributed by atoms with E-state index in [4.69, 9.17) is 11.2 Å². The molecule has 0 bridgehead atoms. The maximum atomic E-state index is 13.0. The average molecular weight is 1700 g/mol. The van der Waals surface area contributed by atoms with Gasteiger partial charge in [0.2, 0.25) is 17.7 Å². The van der Waals surface area contributed by atoms with Gasteiger partial charge in [-0.05, 0) is 193 Å². The van der Waals surface area contributed by atoms with Gasteiger partial charge in [0.25, 0.3) is 11.8 Å². The quantitative estimate of drug-likeness (QED) is 0.0179. The minimum absolute atomic E-state index is 0.0474. The number of pyridine rings is 1. The number of carbonyl (C=O) groups excluding carboxylic acids is 7. The van der Waals surface area contributed by atoms with Crippen LogP contribution >= 0.6 is 41.3 Å². The molecule has 3 aromatic carbocycles. The third-order valence-electron chi connectivity index (χ3n) is 15.9. The molecule has 17 heteroatoms. The molecule has 4 aliphatic rings. The number of terminal acetylenes is 1. The highest BCUT2D eigenvalue weighted by atomic mass is 33.1. The minimum atomic E-state index is -1.03. The van der Waals surface area contributed by atoms with Crippen LogP contribution in [0.1, 0.15) is 302 Å². The van der Waals surface area contributed by atoms with Crippen molar-refractivity contribution in [1.82, 2.24) is 25.8 Å². The first-order chi connectivity index (χ1) is 53.8. The number of hydrogen-bond acceptors (Lipinski definition) is 12. The van der Waals surface area contributed by atoms with Crippen molar-refractivity contribution in [2.45, 2.75) is 313 Å². The molecule has 13 nitrogen and oxygen atoms in total. The maximum Gasteiger partial charge on any atom is 0.338 e. The number of Topliss-reactive ketones (excluding diaryl/α,β-unsaturated/α-hetero) is 1. The van der Waals surface area contributed by atoms with Crippen LogP contribution in [-0.4, -0.2) is 97.7 Å². The fraction of sp³-hybridized carbons (Fsp3) is 0.584. The fourth-order valence-corrected chi connectivity index (χ4v) is 16.5. The van der Waals surface area contributed by atoms with Gasteiger partial charge in [0.05, 0.1) is 12.7 Å². The van der Waals surface area contributed by atoms with Gasteiger partial charge in [0.1, 0.15) is 5.03 Å². The summed E-state index contributed by atoms with van der Waals surface area (Å²) in [5, 5.41) is 13.7. The van der Waals surface area contributed by atoms with Crippen LogP contribution in [-0.2, 0) is 28.7 Å². The molecule has 0 radical (unpaired) electrons. The number of thioether (sulfide) groups is 1. The summed E-state index contributed by atoms with van der Waals surface area (Å²) in [6.07, 6.45) is 26.4. The summed E-state index contributed by atoms with van der Waals surface area (Å²) < 4.78 is 5.35. The standard InChI is InChI=1S/C25H25O3P.C16H24N2O3.C10H17NOS.C9H13NS2.C8H14.C7H15NO.C7H14.C6H12.C6H10.C5H12.C2H6/c1-25(2,3)23(26)18-15-16-21(24(27)28-4)22(17-18)29(19-11-7-5-8-12-19)20-13-9-6-10-14-20;1-16(2,3)17-15(21)12-6-4-11(5-7-12)10-18-13(19)8-9-14(18)20;1-10(2,3)9-8-6(5-13-9)4-7(12)11-8;1-9(2,3)12-11-8-6-4-5-7-10-8;1-5-6-7-8(2,3)4;1-5-6(9)8-7(2,3)4;1-5-6-7(2,3)4;2*1-5-6(2,3)4;1-5(2,3)4;1-2/h5-17H,1-4H3;8-9,11-12H,4-7,10H2,1-3H3,(H,17,21);6,8-9H,4-5H2,1-3H3,(H,11,12);4-7H,1-3H3;5-7H,1H2,2-4H3;5H2,1-4H3,(H,8,9);5-6H,1-4H3;5H,1H2,2-4H3;1H,2-4H3;1-4H3;1-2H3/b;;;;7-6-;;;;;;. The molecule has 4 heterocycles. The topological polar surface area (TPSA) is 181 Å². The van der Waals surface area contributed by atoms with Gasteiger partial charge in [-0.3, -0.25) is 33.7 Å². The predicted molar refractivity (Wildman–Crippen MR) is 518 cm³/mol. The van der Waals surface area contributed by atoms with E-state index >= 15 is 0 Å². The zero-order valence-corrected chi connectivity index (χ0v) is 83.6. The molecule has 3 N–H and O–H groups in total. The monoisotopic (exact) mass is 1700 g/mol. The number of carbonyl (C=O) groups is 7. The summed E-state index contributed by atoms with van der Waals surface area (Å²) in [5.41, 5.74) is 2.18. The van der Waals surface area contributed by atoms with Crippen molar-refractivity contribution in [3.05, 3.63) is 176 Å². The minimum Gasteiger partial charge on any atom is -0.465 e. The van der Waals surface area contributed by atoms with Crippen molar-refractivity contribution < 1.29 is 38.3 Å². The van der Waals surface area contributed by atoms with Gasteiger partial charge in [-0.25, -0.2) is 9.78 Å². The number of hydrogen-bond donors (Lipinski definition) is 3. The zero-order valence-electron chi connectivity index (χ0n) is 80.3. The molecule has 2 saturated heterocycles. The highest BCUT2D eigenvalue weighted by Gasteiger charge is 2.47. The first kappa shape index (κ1) is 115. The number of ketones is 1. The summed E-state index contributed by atoms with van der Waals surface area (Å²) >= 11 is 2.03. The molecule has 662 valence electrons. The molecule has 3 aliphatic heterocycles. The predicted octanol–water partition coefficient (Wildman–Crippen LogP) is 25.0. The molecule has 8 rings (SSSR count). The second kappa shape index (κ2) is 54.6. The molecule has 0 spiro atoms. The number of nitrogens with zero attached hydrogens (tertiary/aromatic N) is 2. The largest absolute Gasteiger partial charge is 0.465 e. The highest BCUT2D eigenvalue weighted by Crippen LogP contribution is 2.45. The summed E-state index contributed by atoms with van der Waals surface area (Å²) in [5.74, 6) is 4.45. The van der Waals surface area contributed by atoms with Crippen molar-refractivity contribution in [3.63, 3.8) is 0 Å². The van der Waals surface area contributed by atoms with Crippen LogP contribution < -0.4 is 31.9 Å². The number of methoxy groups -OCH3 is 1. The molecule has 118 heavy (non-hydrogen) atoms. The number of amides is 5. The molecular weight excluding hydrogens is 1540 g/mol. The van der Waals surface area contributed by atoms with E-state index in [1.54, 1.807) is 29.0 Å². The lowest BCUT2D eigenvalue weighted by molar-refractivity contribution is -0.138. The number of benzene rings is 3. The normalized spacial score (nSPS) is 17.1. The van der Waals surface area contributed by atoms with E-state index in [0.717, 1.165) is 58.8 Å². The smallest absolute Gasteiger partial charge is 0.338 e. The van der Waals surface area contributed by atoms with E-state index in [1.807, 2.05) is 212 Å². The number of ether oxygens (including phenoxy) is 1. The zero-order chi connectivity index (χ0) is 92.2. The Bertz CT molecular complexity index is 3680. The number of imide groups is 1. The van der Waals surface area contributed by atoms with Gasteiger partial charge in [-0.1, -0.05) is 300 Å². The molecule has 1 saturated carbocycles. The van der Waals surface area contributed by atoms with Crippen LogP contribution in [0.15, 0.2) is 170 Å². The summed E-state index contributed by atoms with van der Waals surface area (Å²) in [6, 6.07) is 32.0. The first-order valence-electron chi connectivity index (χ1n) is 41.9. The van der Waals surface area contributed by atoms with Gasteiger partial charge in [0.15, 0.2) is 5.78 Å². The molecular formula is C101H162N5O8PS3. The maximum absolute atomic E-state index is 13.0. The van der Waals surface area contributed by atoms with E-state index in [9.17, 15) is 33.6 Å². The lowest BCUT2D eigenvalue weighted by Crippen LogP contribution is -2.45. The first-order valence-corrected chi connectivity index (χ1v) is 46.5. The van der Waals surface area contributed by atoms with Gasteiger partial charge in [-0.2, -0.15) is 11.8 Å². The second-order valence-electron chi connectivity index (χ2n) is 40.5. The molecule has 5 amide bonds. The van der Waals surface area contributed by atoms with Crippen molar-refractivity contribution >= 4 is 98.5 Å². The Balaban J connectivity index is -0.00000132. The average Bonchev–Trinajstić information content (AvgIpc) is 1.10. The van der Waals surface area contributed by atoms with Crippen LogP contribution in [0.2, 0.25) is 0 Å². The van der Waals surface area contributed by atoms with Gasteiger partial charge in [0, 0.05) is 92.5 Å². The van der Waals surface area contributed by atoms with Crippen LogP contribution in [0.25, 0.3) is 0 Å². The summed E-state index contributed by atoms with van der Waals surface area (Å²) in [7, 11) is 3.92. The summed E-state index contributed by atoms with van der Waals surface area (Å²) in [4.78, 5) is 88.2. The molecule has 1 aliphatic carbocycles. The Morgan fingerprint density at radius 1 is 0.661 bits per heavy atom. The SMILES string of the molecule is C#CC(C)(C)C.C=C/C=C\C(C)(C)C.C=CC(C)(C)C.CC.CC(C)(C)C.CC(C)(C)C1SCC2CC(=O)NC21.CC(C)(C)NC(=O)C1CCC(CN2C(=O)C=CC2=O)CC1.CC(C)(C)SSc1ccccn1.CC=CC(C)(C)C.CCC(=O)NC(C)(C)C.COC(=O)c1ccc(C(=O)C(C)(C)C)cc1P(c1ccccc1)c1ccccc1. The van der Waals surface area contributed by atoms with E-state index < -0.39 is 19.3 Å². The number of nitrogens with one attached hydrogen (secondary N) is 3. The summed E-state index contributed by atoms with van der Waals surface area (Å²) in [6.45, 7) is 80.7. The van der Waals surface area contributed by atoms with Crippen molar-refractivity contribution in [3.8, 4) is 12.3 Å². The number of allylic oxidation sites excluding steroid dienone is 6. The molecule has 3 fully saturated rings. The van der Waals surface area contributed by atoms with E-state index in [0.29, 0.717) is 79.0 Å². The van der Waals surface area contributed by atoms with Crippen LogP contribution in [0.4, 0.5) is 0 Å². The lowest BCUT2D eigenvalue weighted by atomic mass is 9.81. The number of rotatable bonds is 12.